The molecule has 6 atom stereocenters. The Bertz CT molecular complexity index is 2070. The first kappa shape index (κ1) is 42.7. The zero-order chi connectivity index (χ0) is 42.2. The van der Waals surface area contributed by atoms with Gasteiger partial charge in [0.15, 0.2) is 11.7 Å². The van der Waals surface area contributed by atoms with Crippen molar-refractivity contribution >= 4 is 35.1 Å². The molecule has 0 spiro atoms. The van der Waals surface area contributed by atoms with Gasteiger partial charge < -0.3 is 41.4 Å². The number of hydrogen-bond donors (Lipinski definition) is 7. The second-order valence-electron chi connectivity index (χ2n) is 17.9. The number of aliphatic imine (C=N–C) groups is 1. The minimum Gasteiger partial charge on any atom is -0.376 e. The predicted molar refractivity (Wildman–Crippen MR) is 232 cm³/mol. The highest BCUT2D eigenvalue weighted by Crippen LogP contribution is 2.33. The maximum atomic E-state index is 12.9. The van der Waals surface area contributed by atoms with Gasteiger partial charge in [-0.2, -0.15) is 0 Å². The van der Waals surface area contributed by atoms with Crippen molar-refractivity contribution in [2.45, 2.75) is 89.5 Å². The van der Waals surface area contributed by atoms with Crippen molar-refractivity contribution < 1.29 is 19.1 Å². The van der Waals surface area contributed by atoms with Gasteiger partial charge in [0.1, 0.15) is 47.7 Å². The van der Waals surface area contributed by atoms with Crippen LogP contribution in [0.5, 0.6) is 0 Å². The topological polar surface area (TPSA) is 227 Å². The van der Waals surface area contributed by atoms with E-state index in [4.69, 9.17) is 24.4 Å². The number of nitrogens with one attached hydrogen (secondary N) is 7. The molecular formula is C43H60N14O4. The van der Waals surface area contributed by atoms with Crippen molar-refractivity contribution in [3.63, 3.8) is 0 Å². The molecule has 61 heavy (non-hydrogen) atoms. The number of carbonyl (C=O) groups excluding carboxylic acids is 2. The maximum Gasteiger partial charge on any atom is 0.229 e. The number of nitrogens with zero attached hydrogens (tertiary/aromatic N) is 7. The van der Waals surface area contributed by atoms with Gasteiger partial charge in [-0.1, -0.05) is 0 Å². The van der Waals surface area contributed by atoms with E-state index in [-0.39, 0.29) is 35.4 Å². The van der Waals surface area contributed by atoms with E-state index < -0.39 is 5.60 Å². The number of aromatic nitrogens is 6. The summed E-state index contributed by atoms with van der Waals surface area (Å²) in [6.07, 6.45) is 13.3. The smallest absolute Gasteiger partial charge is 0.229 e. The van der Waals surface area contributed by atoms with E-state index in [0.29, 0.717) is 78.5 Å². The molecule has 0 saturated carbocycles. The molecule has 3 aromatic heterocycles. The molecule has 6 unspecified atom stereocenters. The SMILES string of the molecule is CC1(C)CC(CNc2cc(CC3(C)CC(CNC4C=CNC(c5cc(NC(=O)C6CCCNC6)ncn5)=N4)CCO3)nc(-c3cc(NC(=O)C4CCNC4)ncn3)n2)CCO1. The Morgan fingerprint density at radius 3 is 2.20 bits per heavy atom. The highest BCUT2D eigenvalue weighted by atomic mass is 16.5. The molecule has 2 amide bonds. The van der Waals surface area contributed by atoms with Crippen LogP contribution in [0.3, 0.4) is 0 Å². The Balaban J connectivity index is 0.926. The van der Waals surface area contributed by atoms with Crippen molar-refractivity contribution in [2.75, 3.05) is 68.4 Å². The molecule has 4 saturated heterocycles. The molecular weight excluding hydrogens is 777 g/mol. The Morgan fingerprint density at radius 1 is 0.770 bits per heavy atom. The van der Waals surface area contributed by atoms with E-state index in [1.165, 1.54) is 12.7 Å². The average molecular weight is 837 g/mol. The molecule has 8 rings (SSSR count). The van der Waals surface area contributed by atoms with Crippen molar-refractivity contribution in [3.8, 4) is 11.5 Å². The number of ether oxygens (including phenoxy) is 2. The van der Waals surface area contributed by atoms with E-state index in [1.54, 1.807) is 12.1 Å². The second kappa shape index (κ2) is 19.4. The normalized spacial score (nSPS) is 27.4. The molecule has 18 nitrogen and oxygen atoms in total. The van der Waals surface area contributed by atoms with Crippen LogP contribution in [0, 0.1) is 23.7 Å². The Hall–Kier alpha value is -5.01. The molecule has 5 aliphatic heterocycles. The maximum absolute atomic E-state index is 12.9. The lowest BCUT2D eigenvalue weighted by Gasteiger charge is -2.39. The standard InChI is InChI=1S/C43H60N14O4/c1-42(2)18-27(8-13-60-42)21-48-35-15-31(53-39(55-35)33-17-37(52-26-50-33)57-41(59)30-6-11-45-24-30)20-43(3)19-28(9-14-61-43)22-47-34-7-12-46-38(54-34)32-16-36(51-25-49-32)56-40(58)29-5-4-10-44-23-29/h7,12,15-17,25-30,34,44-45,47H,4-6,8-11,13-14,18-24H2,1-3H3,(H,46,54)(H,48,53,55)(H,49,51,56,58)(H,50,52,57,59). The number of carbonyl (C=O) groups is 2. The summed E-state index contributed by atoms with van der Waals surface area (Å²) in [5.74, 6) is 3.15. The molecule has 18 heteroatoms. The van der Waals surface area contributed by atoms with Gasteiger partial charge in [-0.15, -0.1) is 0 Å². The van der Waals surface area contributed by atoms with Gasteiger partial charge >= 0.3 is 0 Å². The summed E-state index contributed by atoms with van der Waals surface area (Å²) >= 11 is 0. The van der Waals surface area contributed by atoms with Gasteiger partial charge in [0.05, 0.1) is 23.0 Å². The lowest BCUT2D eigenvalue weighted by atomic mass is 9.84. The van der Waals surface area contributed by atoms with Crippen molar-refractivity contribution in [2.24, 2.45) is 28.7 Å². The monoisotopic (exact) mass is 836 g/mol. The third kappa shape index (κ3) is 11.7. The lowest BCUT2D eigenvalue weighted by molar-refractivity contribution is -0.120. The number of piperidine rings is 1. The predicted octanol–water partition coefficient (Wildman–Crippen LogP) is 3.03. The minimum absolute atomic E-state index is 0.0378. The third-order valence-electron chi connectivity index (χ3n) is 12.2. The van der Waals surface area contributed by atoms with Crippen LogP contribution in [0.2, 0.25) is 0 Å². The van der Waals surface area contributed by atoms with Gasteiger partial charge in [0.2, 0.25) is 11.8 Å². The van der Waals surface area contributed by atoms with Crippen molar-refractivity contribution in [1.29, 1.82) is 0 Å². The van der Waals surface area contributed by atoms with Crippen LogP contribution >= 0.6 is 0 Å². The summed E-state index contributed by atoms with van der Waals surface area (Å²) in [4.78, 5) is 58.2. The Morgan fingerprint density at radius 2 is 1.48 bits per heavy atom. The van der Waals surface area contributed by atoms with Crippen molar-refractivity contribution in [1.82, 2.24) is 51.2 Å². The summed E-state index contributed by atoms with van der Waals surface area (Å²) in [6.45, 7) is 12.4. The van der Waals surface area contributed by atoms with Crippen LogP contribution in [0.25, 0.3) is 11.5 Å². The molecule has 8 heterocycles. The Kier molecular flexibility index (Phi) is 13.5. The van der Waals surface area contributed by atoms with Crippen LogP contribution in [0.15, 0.2) is 48.1 Å². The van der Waals surface area contributed by atoms with Crippen LogP contribution in [0.4, 0.5) is 17.5 Å². The molecule has 0 bridgehead atoms. The number of amidine groups is 1. The van der Waals surface area contributed by atoms with E-state index in [1.807, 2.05) is 18.3 Å². The number of hydrogen-bond acceptors (Lipinski definition) is 16. The summed E-state index contributed by atoms with van der Waals surface area (Å²) < 4.78 is 12.5. The molecule has 0 aromatic carbocycles. The quantitative estimate of drug-likeness (QED) is 0.124. The van der Waals surface area contributed by atoms with Crippen LogP contribution in [0.1, 0.15) is 77.1 Å². The first-order chi connectivity index (χ1) is 29.5. The average Bonchev–Trinajstić information content (AvgIpc) is 3.81. The van der Waals surface area contributed by atoms with Gasteiger partial charge in [-0.05, 0) is 96.7 Å². The fourth-order valence-electron chi connectivity index (χ4n) is 8.99. The number of rotatable bonds is 14. The first-order valence-electron chi connectivity index (χ1n) is 21.9. The van der Waals surface area contributed by atoms with Gasteiger partial charge in [0.25, 0.3) is 0 Å². The summed E-state index contributed by atoms with van der Waals surface area (Å²) in [7, 11) is 0. The largest absolute Gasteiger partial charge is 0.376 e. The molecule has 0 aliphatic carbocycles. The van der Waals surface area contributed by atoms with Gasteiger partial charge in [0, 0.05) is 75.9 Å². The van der Waals surface area contributed by atoms with Gasteiger partial charge in [-0.3, -0.25) is 14.9 Å². The first-order valence-corrected chi connectivity index (χ1v) is 21.9. The summed E-state index contributed by atoms with van der Waals surface area (Å²) in [5.41, 5.74) is 1.32. The molecule has 4 fully saturated rings. The second-order valence-corrected chi connectivity index (χ2v) is 17.9. The van der Waals surface area contributed by atoms with Gasteiger partial charge in [-0.25, -0.2) is 34.9 Å². The number of anilines is 3. The molecule has 0 radical (unpaired) electrons. The molecule has 326 valence electrons. The third-order valence-corrected chi connectivity index (χ3v) is 12.2. The van der Waals surface area contributed by atoms with E-state index in [0.717, 1.165) is 83.4 Å². The molecule has 5 aliphatic rings. The van der Waals surface area contributed by atoms with Crippen molar-refractivity contribution in [3.05, 3.63) is 54.5 Å². The van der Waals surface area contributed by atoms with Crippen LogP contribution in [-0.2, 0) is 25.5 Å². The zero-order valence-electron chi connectivity index (χ0n) is 35.5. The zero-order valence-corrected chi connectivity index (χ0v) is 35.5. The fourth-order valence-corrected chi connectivity index (χ4v) is 8.99. The van der Waals surface area contributed by atoms with E-state index >= 15 is 0 Å². The fraction of sp³-hybridized carbons (Fsp3) is 0.605. The van der Waals surface area contributed by atoms with Crippen LogP contribution < -0.4 is 37.2 Å². The highest BCUT2D eigenvalue weighted by Gasteiger charge is 2.35. The minimum atomic E-state index is -0.480. The summed E-state index contributed by atoms with van der Waals surface area (Å²) in [5, 5.41) is 22.9. The number of amides is 2. The van der Waals surface area contributed by atoms with E-state index in [2.05, 4.69) is 77.9 Å². The van der Waals surface area contributed by atoms with Crippen LogP contribution in [-0.4, -0.2) is 117 Å². The molecule has 7 N–H and O–H groups in total. The summed E-state index contributed by atoms with van der Waals surface area (Å²) in [6, 6.07) is 5.52. The Labute approximate surface area is 357 Å². The lowest BCUT2D eigenvalue weighted by Crippen LogP contribution is -2.44. The highest BCUT2D eigenvalue weighted by molar-refractivity contribution is 6.00. The van der Waals surface area contributed by atoms with E-state index in [9.17, 15) is 9.59 Å². The molecule has 3 aromatic rings.